The van der Waals surface area contributed by atoms with Gasteiger partial charge in [-0.3, -0.25) is 4.79 Å². The number of hydrogen-bond acceptors (Lipinski definition) is 3. The molecule has 0 radical (unpaired) electrons. The number of carbonyl (C=O) groups excluding carboxylic acids is 1. The zero-order valence-corrected chi connectivity index (χ0v) is 7.50. The average molecular weight is 199 g/mol. The Morgan fingerprint density at radius 2 is 2.31 bits per heavy atom. The van der Waals surface area contributed by atoms with Gasteiger partial charge in [0.05, 0.1) is 11.4 Å². The van der Waals surface area contributed by atoms with Crippen molar-refractivity contribution in [2.45, 2.75) is 0 Å². The summed E-state index contributed by atoms with van der Waals surface area (Å²) in [5.74, 6) is 0.924. The predicted octanol–water partition coefficient (Wildman–Crippen LogP) is 1.84. The van der Waals surface area contributed by atoms with E-state index in [1.165, 1.54) is 0 Å². The maximum atomic E-state index is 11.3. The summed E-state index contributed by atoms with van der Waals surface area (Å²) in [6.07, 6.45) is 0. The van der Waals surface area contributed by atoms with Gasteiger partial charge in [-0.2, -0.15) is 0 Å². The Labute approximate surface area is 80.2 Å². The molecule has 4 heteroatoms. The SMILES string of the molecule is O=C(CCl)c1cccc2c1OCO2. The number of benzene rings is 1. The van der Waals surface area contributed by atoms with Crippen LogP contribution in [-0.4, -0.2) is 18.5 Å². The van der Waals surface area contributed by atoms with E-state index in [1.807, 2.05) is 0 Å². The first-order valence-electron chi connectivity index (χ1n) is 3.80. The molecule has 0 aliphatic carbocycles. The zero-order chi connectivity index (χ0) is 9.26. The molecule has 0 fully saturated rings. The van der Waals surface area contributed by atoms with Crippen molar-refractivity contribution in [2.75, 3.05) is 12.7 Å². The van der Waals surface area contributed by atoms with E-state index in [0.717, 1.165) is 0 Å². The van der Waals surface area contributed by atoms with Gasteiger partial charge in [0, 0.05) is 0 Å². The van der Waals surface area contributed by atoms with Gasteiger partial charge < -0.3 is 9.47 Å². The third-order valence-electron chi connectivity index (χ3n) is 1.82. The Hall–Kier alpha value is -1.22. The number of halogens is 1. The number of carbonyl (C=O) groups is 1. The lowest BCUT2D eigenvalue weighted by molar-refractivity contribution is 0.101. The molecule has 0 N–H and O–H groups in total. The first-order valence-corrected chi connectivity index (χ1v) is 4.34. The van der Waals surface area contributed by atoms with Crippen LogP contribution in [0.2, 0.25) is 0 Å². The second kappa shape index (κ2) is 3.26. The van der Waals surface area contributed by atoms with E-state index >= 15 is 0 Å². The van der Waals surface area contributed by atoms with Gasteiger partial charge in [0.15, 0.2) is 17.3 Å². The molecule has 0 saturated carbocycles. The molecular weight excluding hydrogens is 192 g/mol. The first kappa shape index (κ1) is 8.38. The molecule has 0 aromatic heterocycles. The normalized spacial score (nSPS) is 13.0. The summed E-state index contributed by atoms with van der Waals surface area (Å²) in [6.45, 7) is 0.169. The zero-order valence-electron chi connectivity index (χ0n) is 6.75. The topological polar surface area (TPSA) is 35.5 Å². The molecule has 1 aromatic rings. The fourth-order valence-electron chi connectivity index (χ4n) is 1.22. The van der Waals surface area contributed by atoms with E-state index in [9.17, 15) is 4.79 Å². The number of alkyl halides is 1. The molecule has 1 aromatic carbocycles. The van der Waals surface area contributed by atoms with E-state index < -0.39 is 0 Å². The second-order valence-corrected chi connectivity index (χ2v) is 2.86. The van der Waals surface area contributed by atoms with Crippen LogP contribution >= 0.6 is 11.6 Å². The Kier molecular flexibility index (Phi) is 2.10. The number of Topliss-reactive ketones (excluding diaryl/α,β-unsaturated/α-hetero) is 1. The van der Waals surface area contributed by atoms with E-state index in [1.54, 1.807) is 18.2 Å². The molecule has 3 nitrogen and oxygen atoms in total. The van der Waals surface area contributed by atoms with Crippen LogP contribution < -0.4 is 9.47 Å². The minimum atomic E-state index is -0.149. The van der Waals surface area contributed by atoms with Crippen LogP contribution in [0, 0.1) is 0 Å². The van der Waals surface area contributed by atoms with Crippen LogP contribution in [-0.2, 0) is 0 Å². The molecule has 0 spiro atoms. The number of fused-ring (bicyclic) bond motifs is 1. The summed E-state index contributed by atoms with van der Waals surface area (Å²) in [4.78, 5) is 11.3. The Bertz CT molecular complexity index is 349. The summed E-state index contributed by atoms with van der Waals surface area (Å²) in [6, 6.07) is 5.18. The molecule has 1 heterocycles. The third-order valence-corrected chi connectivity index (χ3v) is 2.06. The lowest BCUT2D eigenvalue weighted by Gasteiger charge is -2.01. The van der Waals surface area contributed by atoms with Crippen LogP contribution in [0.25, 0.3) is 0 Å². The molecule has 0 unspecified atom stereocenters. The second-order valence-electron chi connectivity index (χ2n) is 2.60. The lowest BCUT2D eigenvalue weighted by atomic mass is 10.1. The molecule has 2 rings (SSSR count). The highest BCUT2D eigenvalue weighted by Gasteiger charge is 2.20. The molecule has 0 saturated heterocycles. The Balaban J connectivity index is 2.47. The molecule has 0 bridgehead atoms. The minimum Gasteiger partial charge on any atom is -0.454 e. The fourth-order valence-corrected chi connectivity index (χ4v) is 1.37. The van der Waals surface area contributed by atoms with Gasteiger partial charge >= 0.3 is 0 Å². The van der Waals surface area contributed by atoms with Crippen molar-refractivity contribution >= 4 is 17.4 Å². The summed E-state index contributed by atoms with van der Waals surface area (Å²) < 4.78 is 10.3. The number of hydrogen-bond donors (Lipinski definition) is 0. The van der Waals surface area contributed by atoms with Crippen molar-refractivity contribution in [2.24, 2.45) is 0 Å². The van der Waals surface area contributed by atoms with Crippen LogP contribution in [0.15, 0.2) is 18.2 Å². The standard InChI is InChI=1S/C9H7ClO3/c10-4-7(11)6-2-1-3-8-9(6)13-5-12-8/h1-3H,4-5H2. The van der Waals surface area contributed by atoms with Gasteiger partial charge in [-0.1, -0.05) is 6.07 Å². The first-order chi connectivity index (χ1) is 6.33. The van der Waals surface area contributed by atoms with Gasteiger partial charge in [-0.05, 0) is 12.1 Å². The van der Waals surface area contributed by atoms with Crippen LogP contribution in [0.5, 0.6) is 11.5 Å². The van der Waals surface area contributed by atoms with Gasteiger partial charge in [0.25, 0.3) is 0 Å². The largest absolute Gasteiger partial charge is 0.454 e. The van der Waals surface area contributed by atoms with E-state index in [-0.39, 0.29) is 18.5 Å². The van der Waals surface area contributed by atoms with Crippen LogP contribution in [0.4, 0.5) is 0 Å². The Morgan fingerprint density at radius 1 is 1.46 bits per heavy atom. The highest BCUT2D eigenvalue weighted by molar-refractivity contribution is 6.30. The predicted molar refractivity (Wildman–Crippen MR) is 47.6 cm³/mol. The maximum absolute atomic E-state index is 11.3. The van der Waals surface area contributed by atoms with E-state index in [0.29, 0.717) is 17.1 Å². The number of rotatable bonds is 2. The van der Waals surface area contributed by atoms with Gasteiger partial charge in [-0.15, -0.1) is 11.6 Å². The van der Waals surface area contributed by atoms with Crippen molar-refractivity contribution in [3.05, 3.63) is 23.8 Å². The van der Waals surface area contributed by atoms with Crippen LogP contribution in [0.3, 0.4) is 0 Å². The van der Waals surface area contributed by atoms with E-state index in [2.05, 4.69) is 0 Å². The summed E-state index contributed by atoms with van der Waals surface area (Å²) in [7, 11) is 0. The van der Waals surface area contributed by atoms with Crippen molar-refractivity contribution in [3.63, 3.8) is 0 Å². The molecule has 0 amide bonds. The number of ether oxygens (including phenoxy) is 2. The average Bonchev–Trinajstić information content (AvgIpc) is 2.63. The highest BCUT2D eigenvalue weighted by atomic mass is 35.5. The Morgan fingerprint density at radius 3 is 3.08 bits per heavy atom. The van der Waals surface area contributed by atoms with Crippen molar-refractivity contribution in [1.29, 1.82) is 0 Å². The summed E-state index contributed by atoms with van der Waals surface area (Å²) in [5.41, 5.74) is 0.491. The summed E-state index contributed by atoms with van der Waals surface area (Å²) >= 11 is 5.44. The molecule has 13 heavy (non-hydrogen) atoms. The van der Waals surface area contributed by atoms with Crippen molar-refractivity contribution in [1.82, 2.24) is 0 Å². The highest BCUT2D eigenvalue weighted by Crippen LogP contribution is 2.35. The fraction of sp³-hybridized carbons (Fsp3) is 0.222. The monoisotopic (exact) mass is 198 g/mol. The molecule has 0 atom stereocenters. The van der Waals surface area contributed by atoms with Crippen LogP contribution in [0.1, 0.15) is 10.4 Å². The van der Waals surface area contributed by atoms with Crippen molar-refractivity contribution in [3.8, 4) is 11.5 Å². The quantitative estimate of drug-likeness (QED) is 0.537. The number of para-hydroxylation sites is 1. The molecule has 1 aliphatic rings. The van der Waals surface area contributed by atoms with Gasteiger partial charge in [0.2, 0.25) is 6.79 Å². The van der Waals surface area contributed by atoms with E-state index in [4.69, 9.17) is 21.1 Å². The lowest BCUT2D eigenvalue weighted by Crippen LogP contribution is -2.02. The smallest absolute Gasteiger partial charge is 0.231 e. The maximum Gasteiger partial charge on any atom is 0.231 e. The van der Waals surface area contributed by atoms with Crippen molar-refractivity contribution < 1.29 is 14.3 Å². The van der Waals surface area contributed by atoms with Gasteiger partial charge in [0.1, 0.15) is 0 Å². The summed E-state index contributed by atoms with van der Waals surface area (Å²) in [5, 5.41) is 0. The minimum absolute atomic E-state index is 0.0419. The van der Waals surface area contributed by atoms with Gasteiger partial charge in [-0.25, -0.2) is 0 Å². The number of ketones is 1. The molecule has 68 valence electrons. The molecular formula is C9H7ClO3. The molecule has 1 aliphatic heterocycles. The third kappa shape index (κ3) is 1.35.